The van der Waals surface area contributed by atoms with Crippen molar-refractivity contribution >= 4 is 16.8 Å². The van der Waals surface area contributed by atoms with E-state index in [4.69, 9.17) is 9.82 Å². The molecule has 38 heavy (non-hydrogen) atoms. The van der Waals surface area contributed by atoms with Crippen LogP contribution in [0.1, 0.15) is 40.9 Å². The molecule has 1 aromatic heterocycles. The number of para-hydroxylation sites is 1. The Kier molecular flexibility index (Phi) is 7.84. The van der Waals surface area contributed by atoms with Crippen molar-refractivity contribution in [1.29, 1.82) is 0 Å². The molecule has 6 heteroatoms. The number of likely N-dealkylation sites (N-methyl/N-ethyl adjacent to an activating group) is 1. The van der Waals surface area contributed by atoms with E-state index < -0.39 is 0 Å². The summed E-state index contributed by atoms with van der Waals surface area (Å²) in [5.41, 5.74) is 5.39. The predicted octanol–water partition coefficient (Wildman–Crippen LogP) is 5.61. The van der Waals surface area contributed by atoms with E-state index in [0.29, 0.717) is 16.8 Å². The number of fused-ring (bicyclic) bond motifs is 1. The molecule has 1 aliphatic heterocycles. The molecular formula is C32H37N4O2+. The molecule has 2 heterocycles. The number of amides is 1. The molecule has 0 saturated carbocycles. The van der Waals surface area contributed by atoms with Gasteiger partial charge in [0.2, 0.25) is 0 Å². The molecule has 196 valence electrons. The highest BCUT2D eigenvalue weighted by molar-refractivity contribution is 6.09. The molecule has 1 amide bonds. The van der Waals surface area contributed by atoms with E-state index in [2.05, 4.69) is 48.5 Å². The minimum atomic E-state index is -0.0853. The number of hydrogen-bond donors (Lipinski definition) is 1. The van der Waals surface area contributed by atoms with Crippen molar-refractivity contribution in [3.63, 3.8) is 0 Å². The van der Waals surface area contributed by atoms with Crippen LogP contribution in [0.5, 0.6) is 0 Å². The Balaban J connectivity index is 1.68. The molecule has 0 spiro atoms. The van der Waals surface area contributed by atoms with Crippen LogP contribution in [0, 0.1) is 0 Å². The Hall–Kier alpha value is -3.58. The SMILES string of the molecule is CCC(NC(=O)c1c(C[N+]2(OC)CCN(C)CC2)c(-c2ccccc2)nc2ccccc12)c1ccccc1. The molecule has 0 aliphatic carbocycles. The lowest BCUT2D eigenvalue weighted by Crippen LogP contribution is -2.57. The van der Waals surface area contributed by atoms with Gasteiger partial charge < -0.3 is 5.32 Å². The van der Waals surface area contributed by atoms with Gasteiger partial charge in [0.15, 0.2) is 0 Å². The molecule has 6 nitrogen and oxygen atoms in total. The highest BCUT2D eigenvalue weighted by Crippen LogP contribution is 2.34. The normalized spacial score (nSPS) is 16.3. The maximum atomic E-state index is 14.3. The molecule has 0 radical (unpaired) electrons. The fourth-order valence-electron chi connectivity index (χ4n) is 5.46. The summed E-state index contributed by atoms with van der Waals surface area (Å²) < 4.78 is 0.459. The lowest BCUT2D eigenvalue weighted by atomic mass is 9.94. The summed E-state index contributed by atoms with van der Waals surface area (Å²) in [6.45, 7) is 6.23. The Morgan fingerprint density at radius 1 is 0.974 bits per heavy atom. The summed E-state index contributed by atoms with van der Waals surface area (Å²) in [6, 6.07) is 28.3. The zero-order chi connectivity index (χ0) is 26.5. The number of hydrogen-bond acceptors (Lipinski definition) is 4. The third kappa shape index (κ3) is 5.34. The first-order valence-corrected chi connectivity index (χ1v) is 13.5. The van der Waals surface area contributed by atoms with Crippen LogP contribution in [0.4, 0.5) is 0 Å². The summed E-state index contributed by atoms with van der Waals surface area (Å²) in [5, 5.41) is 4.23. The first-order valence-electron chi connectivity index (χ1n) is 13.5. The van der Waals surface area contributed by atoms with Gasteiger partial charge in [-0.25, -0.2) is 9.82 Å². The quantitative estimate of drug-likeness (QED) is 0.314. The minimum Gasteiger partial charge on any atom is -0.345 e. The predicted molar refractivity (Wildman–Crippen MR) is 152 cm³/mol. The van der Waals surface area contributed by atoms with E-state index in [1.54, 1.807) is 7.11 Å². The average Bonchev–Trinajstić information content (AvgIpc) is 2.97. The summed E-state index contributed by atoms with van der Waals surface area (Å²) in [6.07, 6.45) is 0.796. The smallest absolute Gasteiger partial charge is 0.253 e. The number of hydroxylamine groups is 3. The molecule has 1 saturated heterocycles. The lowest BCUT2D eigenvalue weighted by molar-refractivity contribution is -1.11. The van der Waals surface area contributed by atoms with Gasteiger partial charge in [0.1, 0.15) is 19.6 Å². The van der Waals surface area contributed by atoms with Crippen LogP contribution >= 0.6 is 0 Å². The van der Waals surface area contributed by atoms with Crippen molar-refractivity contribution in [2.45, 2.75) is 25.9 Å². The lowest BCUT2D eigenvalue weighted by Gasteiger charge is -2.40. The van der Waals surface area contributed by atoms with Crippen molar-refractivity contribution in [3.8, 4) is 11.3 Å². The molecule has 1 atom stereocenters. The first-order chi connectivity index (χ1) is 18.5. The number of rotatable bonds is 8. The molecule has 1 unspecified atom stereocenters. The van der Waals surface area contributed by atoms with Crippen LogP contribution in [0.25, 0.3) is 22.2 Å². The third-order valence-corrected chi connectivity index (χ3v) is 7.80. The first kappa shape index (κ1) is 26.0. The highest BCUT2D eigenvalue weighted by atomic mass is 16.7. The zero-order valence-corrected chi connectivity index (χ0v) is 22.6. The van der Waals surface area contributed by atoms with Gasteiger partial charge in [0, 0.05) is 16.5 Å². The number of benzene rings is 3. The largest absolute Gasteiger partial charge is 0.345 e. The van der Waals surface area contributed by atoms with E-state index >= 15 is 0 Å². The Bertz CT molecular complexity index is 1380. The minimum absolute atomic E-state index is 0.0742. The van der Waals surface area contributed by atoms with Crippen molar-refractivity contribution < 1.29 is 14.3 Å². The molecule has 3 aromatic carbocycles. The maximum absolute atomic E-state index is 14.3. The Morgan fingerprint density at radius 3 is 2.26 bits per heavy atom. The van der Waals surface area contributed by atoms with Crippen molar-refractivity contribution in [2.24, 2.45) is 0 Å². The van der Waals surface area contributed by atoms with E-state index in [0.717, 1.165) is 65.9 Å². The number of pyridine rings is 1. The highest BCUT2D eigenvalue weighted by Gasteiger charge is 2.37. The van der Waals surface area contributed by atoms with E-state index in [1.807, 2.05) is 60.7 Å². The van der Waals surface area contributed by atoms with Gasteiger partial charge in [0.25, 0.3) is 5.91 Å². The van der Waals surface area contributed by atoms with Gasteiger partial charge in [-0.1, -0.05) is 85.8 Å². The van der Waals surface area contributed by atoms with Crippen LogP contribution in [0.2, 0.25) is 0 Å². The summed E-state index contributed by atoms with van der Waals surface area (Å²) in [4.78, 5) is 27.9. The summed E-state index contributed by atoms with van der Waals surface area (Å²) in [5.74, 6) is -0.0742. The second kappa shape index (κ2) is 11.4. The number of nitrogens with zero attached hydrogens (tertiary/aromatic N) is 3. The number of carbonyl (C=O) groups is 1. The molecule has 1 N–H and O–H groups in total. The van der Waals surface area contributed by atoms with Crippen LogP contribution in [0.15, 0.2) is 84.9 Å². The number of aromatic nitrogens is 1. The summed E-state index contributed by atoms with van der Waals surface area (Å²) >= 11 is 0. The molecule has 5 rings (SSSR count). The van der Waals surface area contributed by atoms with Crippen molar-refractivity contribution in [2.75, 3.05) is 40.3 Å². The Morgan fingerprint density at radius 2 is 1.61 bits per heavy atom. The van der Waals surface area contributed by atoms with Gasteiger partial charge in [-0.2, -0.15) is 4.65 Å². The number of piperazine rings is 1. The van der Waals surface area contributed by atoms with E-state index in [9.17, 15) is 4.79 Å². The fourth-order valence-corrected chi connectivity index (χ4v) is 5.46. The van der Waals surface area contributed by atoms with Crippen LogP contribution in [0.3, 0.4) is 0 Å². The van der Waals surface area contributed by atoms with Crippen LogP contribution in [-0.2, 0) is 11.4 Å². The number of quaternary nitrogens is 1. The summed E-state index contributed by atoms with van der Waals surface area (Å²) in [7, 11) is 3.92. The van der Waals surface area contributed by atoms with Gasteiger partial charge in [-0.15, -0.1) is 0 Å². The molecule has 1 fully saturated rings. The standard InChI is InChI=1S/C32H36N4O2/c1-4-28(24-13-7-5-8-14-24)34-32(37)30-26-17-11-12-18-29(26)33-31(25-15-9-6-10-16-25)27(30)23-36(38-3)21-19-35(2)20-22-36/h5-18,28H,4,19-23H2,1-3H3/p+1. The second-order valence-corrected chi connectivity index (χ2v) is 10.2. The average molecular weight is 510 g/mol. The maximum Gasteiger partial charge on any atom is 0.253 e. The topological polar surface area (TPSA) is 54.5 Å². The third-order valence-electron chi connectivity index (χ3n) is 7.80. The molecule has 0 bridgehead atoms. The Labute approximate surface area is 225 Å². The monoisotopic (exact) mass is 509 g/mol. The molecule has 1 aliphatic rings. The van der Waals surface area contributed by atoms with Gasteiger partial charge >= 0.3 is 0 Å². The zero-order valence-electron chi connectivity index (χ0n) is 22.6. The van der Waals surface area contributed by atoms with E-state index in [-0.39, 0.29) is 11.9 Å². The van der Waals surface area contributed by atoms with Gasteiger partial charge in [-0.05, 0) is 25.1 Å². The van der Waals surface area contributed by atoms with Crippen molar-refractivity contribution in [1.82, 2.24) is 15.2 Å². The number of carbonyl (C=O) groups excluding carboxylic acids is 1. The van der Waals surface area contributed by atoms with Crippen LogP contribution in [-0.4, -0.2) is 60.8 Å². The second-order valence-electron chi connectivity index (χ2n) is 10.2. The van der Waals surface area contributed by atoms with Crippen LogP contribution < -0.4 is 5.32 Å². The van der Waals surface area contributed by atoms with E-state index in [1.165, 1.54) is 0 Å². The van der Waals surface area contributed by atoms with Gasteiger partial charge in [-0.3, -0.25) is 9.69 Å². The fraction of sp³-hybridized carbons (Fsp3) is 0.312. The molecular weight excluding hydrogens is 472 g/mol. The molecule has 4 aromatic rings. The van der Waals surface area contributed by atoms with Crippen molar-refractivity contribution in [3.05, 3.63) is 102 Å². The van der Waals surface area contributed by atoms with Gasteiger partial charge in [0.05, 0.1) is 43.0 Å². The number of nitrogens with one attached hydrogen (secondary N) is 1.